The summed E-state index contributed by atoms with van der Waals surface area (Å²) in [5.74, 6) is 0. The molecule has 0 aliphatic rings. The first-order chi connectivity index (χ1) is 6.39. The minimum absolute atomic E-state index is 0. The molecular weight excluding hydrogens is 244 g/mol. The summed E-state index contributed by atoms with van der Waals surface area (Å²) >= 11 is 5.54. The van der Waals surface area contributed by atoms with Crippen molar-refractivity contribution in [2.24, 2.45) is 0 Å². The Bertz CT molecular complexity index is 229. The van der Waals surface area contributed by atoms with Gasteiger partial charge in [-0.05, 0) is 12.1 Å². The molecule has 0 fully saturated rings. The number of hydrogen-bond acceptors (Lipinski definition) is 0. The van der Waals surface area contributed by atoms with Crippen LogP contribution in [0.4, 0.5) is 0 Å². The second kappa shape index (κ2) is 29.5. The summed E-state index contributed by atoms with van der Waals surface area (Å²) < 4.78 is 22.5. The molecule has 0 heterocycles. The van der Waals surface area contributed by atoms with E-state index in [0.29, 0.717) is 0 Å². The van der Waals surface area contributed by atoms with E-state index in [1.165, 1.54) is 0 Å². The van der Waals surface area contributed by atoms with Crippen LogP contribution in [0.5, 0.6) is 0 Å². The monoisotopic (exact) mass is 248 g/mol. The Balaban J connectivity index is -0.0000000625. The minimum atomic E-state index is 0. The molecule has 5 heteroatoms. The molecule has 0 aliphatic carbocycles. The van der Waals surface area contributed by atoms with Gasteiger partial charge in [0.05, 0.1) is 0 Å². The second-order valence-electron chi connectivity index (χ2n) is 1.30. The van der Waals surface area contributed by atoms with Gasteiger partial charge in [0.2, 0.25) is 0 Å². The van der Waals surface area contributed by atoms with Crippen molar-refractivity contribution in [3.8, 4) is 0 Å². The van der Waals surface area contributed by atoms with Gasteiger partial charge in [-0.3, -0.25) is 0 Å². The third kappa shape index (κ3) is 22.5. The number of benzene rings is 1. The maximum Gasteiger partial charge on any atom is 6.00 e. The van der Waals surface area contributed by atoms with Gasteiger partial charge >= 0.3 is 51.3 Å². The van der Waals surface area contributed by atoms with E-state index < -0.39 is 0 Å². The topological polar surface area (TPSA) is 59.7 Å². The van der Waals surface area contributed by atoms with Gasteiger partial charge in [0.1, 0.15) is 0 Å². The predicted molar refractivity (Wildman–Crippen MR) is 43.2 cm³/mol. The van der Waals surface area contributed by atoms with Crippen molar-refractivity contribution in [3.05, 3.63) is 55.3 Å². The van der Waals surface area contributed by atoms with E-state index in [0.717, 1.165) is 5.02 Å². The first-order valence-electron chi connectivity index (χ1n) is 2.71. The van der Waals surface area contributed by atoms with Crippen molar-refractivity contribution in [3.63, 3.8) is 0 Å². The average molecular weight is 249 g/mol. The molecule has 0 unspecified atom stereocenters. The SMILES string of the molecule is Clc1ccccc1.[C-]#[O+].[C-]#[O+].[C-]#[O+].[Cr+6]. The van der Waals surface area contributed by atoms with E-state index >= 15 is 0 Å². The first kappa shape index (κ1) is 23.2. The quantitative estimate of drug-likeness (QED) is 0.499. The molecule has 0 N–H and O–H groups in total. The molecule has 3 nitrogen and oxygen atoms in total. The fraction of sp³-hybridized carbons (Fsp3) is 0. The standard InChI is InChI=1S/C6H5Cl.3CO.Cr/c7-6-4-2-1-3-5-6;3*1-2;/h1-5H;;;;/q;;;;+6. The van der Waals surface area contributed by atoms with Crippen molar-refractivity contribution >= 4 is 11.6 Å². The zero-order valence-corrected chi connectivity index (χ0v) is 8.93. The van der Waals surface area contributed by atoms with Gasteiger partial charge in [0.15, 0.2) is 0 Å². The zero-order chi connectivity index (χ0) is 11.1. The van der Waals surface area contributed by atoms with Crippen LogP contribution in [0.1, 0.15) is 0 Å². The van der Waals surface area contributed by atoms with Gasteiger partial charge in [-0.25, -0.2) is 0 Å². The van der Waals surface area contributed by atoms with E-state index in [-0.39, 0.29) is 17.4 Å². The summed E-state index contributed by atoms with van der Waals surface area (Å²) in [5.41, 5.74) is 0. The van der Waals surface area contributed by atoms with Crippen molar-refractivity contribution in [1.82, 2.24) is 0 Å². The average Bonchev–Trinajstić information content (AvgIpc) is 2.28. The smallest absolute Gasteiger partial charge is 6.00 e. The second-order valence-corrected chi connectivity index (χ2v) is 1.73. The normalized spacial score (nSPS) is 4.79. The molecule has 14 heavy (non-hydrogen) atoms. The Morgan fingerprint density at radius 2 is 1.07 bits per heavy atom. The summed E-state index contributed by atoms with van der Waals surface area (Å²) in [7, 11) is 0. The third-order valence-electron chi connectivity index (χ3n) is 0.733. The van der Waals surface area contributed by atoms with Crippen LogP contribution in [0.2, 0.25) is 5.02 Å². The Kier molecular flexibility index (Phi) is 49.0. The van der Waals surface area contributed by atoms with Crippen LogP contribution in [0.15, 0.2) is 30.3 Å². The molecule has 66 valence electrons. The molecule has 0 atom stereocenters. The zero-order valence-electron chi connectivity index (χ0n) is 6.90. The molecule has 1 aromatic rings. The minimum Gasteiger partial charge on any atom is 6.00 e. The molecule has 0 aliphatic heterocycles. The fourth-order valence-electron chi connectivity index (χ4n) is 0.415. The van der Waals surface area contributed by atoms with Crippen LogP contribution >= 0.6 is 11.6 Å². The molecule has 0 bridgehead atoms. The van der Waals surface area contributed by atoms with E-state index in [1.807, 2.05) is 30.3 Å². The van der Waals surface area contributed by atoms with Gasteiger partial charge in [0.25, 0.3) is 0 Å². The molecule has 0 radical (unpaired) electrons. The van der Waals surface area contributed by atoms with Gasteiger partial charge in [-0.2, -0.15) is 0 Å². The van der Waals surface area contributed by atoms with E-state index in [4.69, 9.17) is 25.6 Å². The fourth-order valence-corrected chi connectivity index (χ4v) is 0.560. The first-order valence-corrected chi connectivity index (χ1v) is 3.09. The Labute approximate surface area is 98.4 Å². The van der Waals surface area contributed by atoms with Gasteiger partial charge in [0, 0.05) is 5.02 Å². The summed E-state index contributed by atoms with van der Waals surface area (Å²) in [6.45, 7) is 13.5. The van der Waals surface area contributed by atoms with Crippen LogP contribution in [-0.2, 0) is 31.3 Å². The molecule has 0 saturated heterocycles. The maximum atomic E-state index is 7.50. The van der Waals surface area contributed by atoms with Gasteiger partial charge in [-0.1, -0.05) is 29.8 Å². The Morgan fingerprint density at radius 1 is 0.786 bits per heavy atom. The molecule has 1 rings (SSSR count). The summed E-state index contributed by atoms with van der Waals surface area (Å²) in [6, 6.07) is 9.44. The van der Waals surface area contributed by atoms with Gasteiger partial charge < -0.3 is 0 Å². The molecule has 0 saturated carbocycles. The van der Waals surface area contributed by atoms with E-state index in [9.17, 15) is 0 Å². The van der Waals surface area contributed by atoms with Crippen LogP contribution < -0.4 is 0 Å². The van der Waals surface area contributed by atoms with Crippen LogP contribution in [0, 0.1) is 20.0 Å². The van der Waals surface area contributed by atoms with Crippen LogP contribution in [-0.4, -0.2) is 0 Å². The summed E-state index contributed by atoms with van der Waals surface area (Å²) in [6.07, 6.45) is 0. The van der Waals surface area contributed by atoms with Crippen LogP contribution in [0.3, 0.4) is 0 Å². The van der Waals surface area contributed by atoms with Gasteiger partial charge in [-0.15, -0.1) is 0 Å². The molecule has 0 spiro atoms. The van der Waals surface area contributed by atoms with Crippen molar-refractivity contribution in [2.45, 2.75) is 0 Å². The van der Waals surface area contributed by atoms with Crippen LogP contribution in [0.25, 0.3) is 0 Å². The van der Waals surface area contributed by atoms with Crippen molar-refractivity contribution < 1.29 is 31.3 Å². The van der Waals surface area contributed by atoms with E-state index in [1.54, 1.807) is 0 Å². The maximum absolute atomic E-state index is 7.50. The molecule has 1 aromatic carbocycles. The summed E-state index contributed by atoms with van der Waals surface area (Å²) in [5, 5.41) is 0.794. The molecule has 0 amide bonds. The largest absolute Gasteiger partial charge is 6.00 e. The predicted octanol–water partition coefficient (Wildman–Crippen LogP) is 2.22. The van der Waals surface area contributed by atoms with E-state index in [2.05, 4.69) is 20.0 Å². The molecular formula is C9H5ClCrO3+6. The Hall–Kier alpha value is -0.738. The Morgan fingerprint density at radius 3 is 1.21 bits per heavy atom. The number of hydrogen-bond donors (Lipinski definition) is 0. The summed E-state index contributed by atoms with van der Waals surface area (Å²) in [4.78, 5) is 0. The third-order valence-corrected chi connectivity index (χ3v) is 0.985. The van der Waals surface area contributed by atoms with Crippen molar-refractivity contribution in [2.75, 3.05) is 0 Å². The molecule has 0 aromatic heterocycles. The number of rotatable bonds is 0. The number of halogens is 1. The van der Waals surface area contributed by atoms with Crippen molar-refractivity contribution in [1.29, 1.82) is 0 Å².